The van der Waals surface area contributed by atoms with Crippen molar-refractivity contribution >= 4 is 31.5 Å². The molecule has 0 saturated heterocycles. The Morgan fingerprint density at radius 3 is 1.46 bits per heavy atom. The van der Waals surface area contributed by atoms with Crippen LogP contribution in [-0.4, -0.2) is 4.98 Å². The van der Waals surface area contributed by atoms with Gasteiger partial charge in [-0.25, -0.2) is 0 Å². The molecule has 0 aliphatic rings. The Balaban J connectivity index is 1.29. The first-order valence-corrected chi connectivity index (χ1v) is 13.7. The van der Waals surface area contributed by atoms with Gasteiger partial charge in [-0.3, -0.25) is 4.98 Å². The molecule has 0 aliphatic heterocycles. The fourth-order valence-electron chi connectivity index (χ4n) is 5.23. The average molecular weight is 515 g/mol. The van der Waals surface area contributed by atoms with E-state index in [4.69, 9.17) is 5.26 Å². The lowest BCUT2D eigenvalue weighted by Gasteiger charge is -2.06. The summed E-state index contributed by atoms with van der Waals surface area (Å²) in [5.41, 5.74) is 10.1. The van der Waals surface area contributed by atoms with Gasteiger partial charge in [-0.05, 0) is 62.7 Å². The molecule has 7 rings (SSSR count). The van der Waals surface area contributed by atoms with Crippen LogP contribution in [0.4, 0.5) is 0 Å². The van der Waals surface area contributed by atoms with E-state index in [1.54, 1.807) is 6.20 Å². The van der Waals surface area contributed by atoms with Gasteiger partial charge in [0.25, 0.3) is 0 Å². The lowest BCUT2D eigenvalue weighted by atomic mass is 9.97. The summed E-state index contributed by atoms with van der Waals surface area (Å²) >= 11 is 1.87. The van der Waals surface area contributed by atoms with Crippen LogP contribution in [0, 0.1) is 11.3 Å². The Morgan fingerprint density at radius 2 is 0.974 bits per heavy atom. The van der Waals surface area contributed by atoms with E-state index in [2.05, 4.69) is 102 Å². The maximum absolute atomic E-state index is 9.09. The standard InChI is InChI=1S/C36H22N2S/c37-22-24-9-11-25(12-10-24)26-13-17-28(18-14-26)31-5-1-7-33-34-8-2-6-32(36(34)39-35(31)33)29-19-15-27(16-20-29)30-4-3-21-38-23-30/h1-21,23H. The monoisotopic (exact) mass is 514 g/mol. The third kappa shape index (κ3) is 4.18. The molecule has 0 N–H and O–H groups in total. The zero-order valence-corrected chi connectivity index (χ0v) is 21.8. The number of nitrogens with zero attached hydrogens (tertiary/aromatic N) is 2. The first kappa shape index (κ1) is 23.1. The lowest BCUT2D eigenvalue weighted by Crippen LogP contribution is -1.82. The van der Waals surface area contributed by atoms with Gasteiger partial charge in [0.2, 0.25) is 0 Å². The van der Waals surface area contributed by atoms with E-state index in [0.717, 1.165) is 16.7 Å². The van der Waals surface area contributed by atoms with E-state index in [1.807, 2.05) is 47.9 Å². The molecule has 0 radical (unpaired) electrons. The van der Waals surface area contributed by atoms with Gasteiger partial charge >= 0.3 is 0 Å². The zero-order valence-electron chi connectivity index (χ0n) is 21.0. The second-order valence-corrected chi connectivity index (χ2v) is 10.6. The van der Waals surface area contributed by atoms with Gasteiger partial charge in [-0.2, -0.15) is 5.26 Å². The van der Waals surface area contributed by atoms with Crippen molar-refractivity contribution in [1.29, 1.82) is 5.26 Å². The van der Waals surface area contributed by atoms with Gasteiger partial charge < -0.3 is 0 Å². The number of fused-ring (bicyclic) bond motifs is 3. The number of rotatable bonds is 4. The minimum atomic E-state index is 0.676. The molecule has 0 fully saturated rings. The SMILES string of the molecule is N#Cc1ccc(-c2ccc(-c3cccc4c3sc3c(-c5ccc(-c6cccnc6)cc5)cccc34)cc2)cc1. The number of pyridine rings is 1. The van der Waals surface area contributed by atoms with Crippen LogP contribution in [0.25, 0.3) is 64.7 Å². The van der Waals surface area contributed by atoms with E-state index >= 15 is 0 Å². The number of aromatic nitrogens is 1. The van der Waals surface area contributed by atoms with E-state index in [1.165, 1.54) is 48.0 Å². The highest BCUT2D eigenvalue weighted by molar-refractivity contribution is 7.26. The van der Waals surface area contributed by atoms with Crippen molar-refractivity contribution in [3.63, 3.8) is 0 Å². The summed E-state index contributed by atoms with van der Waals surface area (Å²) in [6, 6.07) is 44.7. The van der Waals surface area contributed by atoms with Crippen molar-refractivity contribution in [3.05, 3.63) is 139 Å². The Labute approximate surface area is 231 Å². The normalized spacial score (nSPS) is 11.1. The summed E-state index contributed by atoms with van der Waals surface area (Å²) in [4.78, 5) is 4.26. The van der Waals surface area contributed by atoms with Crippen LogP contribution in [0.5, 0.6) is 0 Å². The third-order valence-electron chi connectivity index (χ3n) is 7.26. The van der Waals surface area contributed by atoms with Crippen molar-refractivity contribution in [1.82, 2.24) is 4.98 Å². The van der Waals surface area contributed by atoms with Crippen LogP contribution in [-0.2, 0) is 0 Å². The topological polar surface area (TPSA) is 36.7 Å². The van der Waals surface area contributed by atoms with Crippen molar-refractivity contribution in [2.24, 2.45) is 0 Å². The molecular weight excluding hydrogens is 492 g/mol. The molecule has 0 amide bonds. The molecule has 7 aromatic rings. The van der Waals surface area contributed by atoms with Crippen LogP contribution in [0.1, 0.15) is 5.56 Å². The fraction of sp³-hybridized carbons (Fsp3) is 0. The van der Waals surface area contributed by atoms with Gasteiger partial charge in [0.15, 0.2) is 0 Å². The molecular formula is C36H22N2S. The van der Waals surface area contributed by atoms with Crippen molar-refractivity contribution < 1.29 is 0 Å². The summed E-state index contributed by atoms with van der Waals surface area (Å²) in [7, 11) is 0. The van der Waals surface area contributed by atoms with E-state index < -0.39 is 0 Å². The molecule has 39 heavy (non-hydrogen) atoms. The van der Waals surface area contributed by atoms with Crippen LogP contribution in [0.2, 0.25) is 0 Å². The number of hydrogen-bond acceptors (Lipinski definition) is 3. The highest BCUT2D eigenvalue weighted by Crippen LogP contribution is 2.44. The van der Waals surface area contributed by atoms with Crippen LogP contribution >= 0.6 is 11.3 Å². The molecule has 2 nitrogen and oxygen atoms in total. The van der Waals surface area contributed by atoms with Gasteiger partial charge in [-0.15, -0.1) is 11.3 Å². The van der Waals surface area contributed by atoms with Crippen LogP contribution in [0.3, 0.4) is 0 Å². The number of hydrogen-bond donors (Lipinski definition) is 0. The molecule has 0 spiro atoms. The summed E-state index contributed by atoms with van der Waals surface area (Å²) in [5.74, 6) is 0. The minimum Gasteiger partial charge on any atom is -0.264 e. The highest BCUT2D eigenvalue weighted by Gasteiger charge is 2.14. The minimum absolute atomic E-state index is 0.676. The molecule has 0 saturated carbocycles. The van der Waals surface area contributed by atoms with E-state index in [0.29, 0.717) is 5.56 Å². The number of thiophene rings is 1. The first-order chi connectivity index (χ1) is 19.3. The van der Waals surface area contributed by atoms with Crippen LogP contribution in [0.15, 0.2) is 134 Å². The Bertz CT molecular complexity index is 1980. The molecule has 0 aliphatic carbocycles. The van der Waals surface area contributed by atoms with Crippen molar-refractivity contribution in [2.75, 3.05) is 0 Å². The molecule has 182 valence electrons. The summed E-state index contributed by atoms with van der Waals surface area (Å²) in [6.07, 6.45) is 3.71. The smallest absolute Gasteiger partial charge is 0.0991 e. The van der Waals surface area contributed by atoms with Gasteiger partial charge in [0.05, 0.1) is 11.6 Å². The lowest BCUT2D eigenvalue weighted by molar-refractivity contribution is 1.33. The molecule has 0 bridgehead atoms. The molecule has 5 aromatic carbocycles. The Hall–Kier alpha value is -5.04. The highest BCUT2D eigenvalue weighted by atomic mass is 32.1. The molecule has 2 heterocycles. The van der Waals surface area contributed by atoms with Gasteiger partial charge in [0, 0.05) is 32.6 Å². The quantitative estimate of drug-likeness (QED) is 0.234. The second kappa shape index (κ2) is 9.68. The zero-order chi connectivity index (χ0) is 26.2. The molecule has 3 heteroatoms. The Kier molecular flexibility index (Phi) is 5.74. The predicted molar refractivity (Wildman–Crippen MR) is 164 cm³/mol. The third-order valence-corrected chi connectivity index (χ3v) is 8.55. The number of benzene rings is 5. The first-order valence-electron chi connectivity index (χ1n) is 12.8. The maximum Gasteiger partial charge on any atom is 0.0991 e. The molecule has 0 unspecified atom stereocenters. The van der Waals surface area contributed by atoms with Gasteiger partial charge in [-0.1, -0.05) is 103 Å². The summed E-state index contributed by atoms with van der Waals surface area (Å²) < 4.78 is 2.61. The summed E-state index contributed by atoms with van der Waals surface area (Å²) in [6.45, 7) is 0. The Morgan fingerprint density at radius 1 is 0.487 bits per heavy atom. The van der Waals surface area contributed by atoms with E-state index in [9.17, 15) is 0 Å². The van der Waals surface area contributed by atoms with Crippen molar-refractivity contribution in [3.8, 4) is 50.6 Å². The number of nitriles is 1. The largest absolute Gasteiger partial charge is 0.264 e. The predicted octanol–water partition coefficient (Wildman–Crippen LogP) is 9.99. The van der Waals surface area contributed by atoms with Crippen molar-refractivity contribution in [2.45, 2.75) is 0 Å². The molecule has 2 aromatic heterocycles. The van der Waals surface area contributed by atoms with E-state index in [-0.39, 0.29) is 0 Å². The van der Waals surface area contributed by atoms with Gasteiger partial charge in [0.1, 0.15) is 0 Å². The second-order valence-electron chi connectivity index (χ2n) is 9.55. The fourth-order valence-corrected chi connectivity index (χ4v) is 6.60. The average Bonchev–Trinajstić information content (AvgIpc) is 3.41. The summed E-state index contributed by atoms with van der Waals surface area (Å²) in [5, 5.41) is 11.7. The van der Waals surface area contributed by atoms with Crippen LogP contribution < -0.4 is 0 Å². The molecule has 0 atom stereocenters. The maximum atomic E-state index is 9.09.